The highest BCUT2D eigenvalue weighted by atomic mass is 32.1. The van der Waals surface area contributed by atoms with Crippen molar-refractivity contribution in [2.24, 2.45) is 0 Å². The molecular formula is C24H26N8O2S. The Morgan fingerprint density at radius 3 is 2.51 bits per heavy atom. The first-order valence-electron chi connectivity index (χ1n) is 11.4. The third kappa shape index (κ3) is 5.70. The number of carbonyl (C=O) groups excluding carboxylic acids is 1. The van der Waals surface area contributed by atoms with Crippen molar-refractivity contribution in [3.8, 4) is 0 Å². The van der Waals surface area contributed by atoms with Gasteiger partial charge in [0.2, 0.25) is 11.9 Å². The molecule has 4 heterocycles. The molecule has 0 spiro atoms. The fourth-order valence-electron chi connectivity index (χ4n) is 3.94. The molecule has 1 aliphatic heterocycles. The number of hydrogen-bond donors (Lipinski definition) is 3. The summed E-state index contributed by atoms with van der Waals surface area (Å²) < 4.78 is 0. The topological polar surface area (TPSA) is 119 Å². The second-order valence-corrected chi connectivity index (χ2v) is 9.19. The van der Waals surface area contributed by atoms with E-state index in [4.69, 9.17) is 4.98 Å². The number of nitrogens with zero attached hydrogens (tertiary/aromatic N) is 6. The zero-order valence-corrected chi connectivity index (χ0v) is 19.9. The lowest BCUT2D eigenvalue weighted by Crippen LogP contribution is -2.47. The number of carbonyl (C=O) groups is 1. The smallest absolute Gasteiger partial charge is 0.229 e. The Morgan fingerprint density at radius 2 is 1.77 bits per heavy atom. The number of thiophene rings is 1. The minimum atomic E-state index is -0.0473. The van der Waals surface area contributed by atoms with Gasteiger partial charge in [-0.2, -0.15) is 9.97 Å². The fourth-order valence-corrected chi connectivity index (χ4v) is 4.65. The minimum Gasteiger partial charge on any atom is -0.395 e. The van der Waals surface area contributed by atoms with Crippen molar-refractivity contribution in [3.63, 3.8) is 0 Å². The molecule has 0 radical (unpaired) electrons. The van der Waals surface area contributed by atoms with Crippen LogP contribution in [0, 0.1) is 0 Å². The summed E-state index contributed by atoms with van der Waals surface area (Å²) in [5.41, 5.74) is 2.65. The average Bonchev–Trinajstić information content (AvgIpc) is 3.39. The zero-order valence-electron chi connectivity index (χ0n) is 19.1. The maximum atomic E-state index is 12.3. The van der Waals surface area contributed by atoms with Gasteiger partial charge in [0.15, 0.2) is 17.0 Å². The second kappa shape index (κ2) is 10.7. The quantitative estimate of drug-likeness (QED) is 0.342. The lowest BCUT2D eigenvalue weighted by atomic mass is 10.2. The van der Waals surface area contributed by atoms with E-state index in [1.54, 1.807) is 23.7 Å². The molecule has 1 aliphatic rings. The number of fused-ring (bicyclic) bond motifs is 1. The predicted molar refractivity (Wildman–Crippen MR) is 137 cm³/mol. The number of benzene rings is 1. The van der Waals surface area contributed by atoms with Gasteiger partial charge in [0.25, 0.3) is 0 Å². The molecule has 11 heteroatoms. The van der Waals surface area contributed by atoms with Gasteiger partial charge in [-0.1, -0.05) is 6.07 Å². The van der Waals surface area contributed by atoms with Crippen molar-refractivity contribution in [3.05, 3.63) is 59.0 Å². The van der Waals surface area contributed by atoms with Gasteiger partial charge >= 0.3 is 0 Å². The van der Waals surface area contributed by atoms with E-state index in [0.717, 1.165) is 42.4 Å². The molecule has 180 valence electrons. The Labute approximate surface area is 206 Å². The van der Waals surface area contributed by atoms with Crippen LogP contribution >= 0.6 is 11.3 Å². The van der Waals surface area contributed by atoms with Gasteiger partial charge in [0.1, 0.15) is 0 Å². The number of aliphatic hydroxyl groups excluding tert-OH is 1. The maximum Gasteiger partial charge on any atom is 0.229 e. The summed E-state index contributed by atoms with van der Waals surface area (Å²) in [6.45, 7) is 4.05. The number of aromatic nitrogens is 4. The molecule has 10 nitrogen and oxygen atoms in total. The summed E-state index contributed by atoms with van der Waals surface area (Å²) >= 11 is 1.57. The van der Waals surface area contributed by atoms with Crippen molar-refractivity contribution < 1.29 is 9.90 Å². The highest BCUT2D eigenvalue weighted by Gasteiger charge is 2.21. The average molecular weight is 491 g/mol. The van der Waals surface area contributed by atoms with Crippen LogP contribution in [-0.4, -0.2) is 75.2 Å². The first-order chi connectivity index (χ1) is 17.2. The van der Waals surface area contributed by atoms with E-state index in [0.29, 0.717) is 35.9 Å². The van der Waals surface area contributed by atoms with E-state index in [-0.39, 0.29) is 12.5 Å². The molecule has 5 rings (SSSR count). The summed E-state index contributed by atoms with van der Waals surface area (Å²) in [7, 11) is 0. The van der Waals surface area contributed by atoms with Crippen LogP contribution in [0.5, 0.6) is 0 Å². The maximum absolute atomic E-state index is 12.3. The van der Waals surface area contributed by atoms with E-state index in [2.05, 4.69) is 35.4 Å². The summed E-state index contributed by atoms with van der Waals surface area (Å²) in [5, 5.41) is 17.4. The number of aliphatic hydroxyl groups is 1. The van der Waals surface area contributed by atoms with Gasteiger partial charge in [0.05, 0.1) is 13.0 Å². The summed E-state index contributed by atoms with van der Waals surface area (Å²) in [6, 6.07) is 11.4. The molecule has 0 aliphatic carbocycles. The molecule has 0 unspecified atom stereocenters. The largest absolute Gasteiger partial charge is 0.395 e. The molecule has 4 aromatic rings. The Bertz CT molecular complexity index is 1270. The van der Waals surface area contributed by atoms with Crippen LogP contribution in [0.2, 0.25) is 0 Å². The molecule has 1 saturated heterocycles. The van der Waals surface area contributed by atoms with Crippen molar-refractivity contribution in [1.29, 1.82) is 0 Å². The highest BCUT2D eigenvalue weighted by Crippen LogP contribution is 2.25. The van der Waals surface area contributed by atoms with Gasteiger partial charge in [-0.3, -0.25) is 9.69 Å². The van der Waals surface area contributed by atoms with Crippen LogP contribution in [0.15, 0.2) is 54.2 Å². The second-order valence-electron chi connectivity index (χ2n) is 8.16. The highest BCUT2D eigenvalue weighted by molar-refractivity contribution is 7.10. The van der Waals surface area contributed by atoms with E-state index < -0.39 is 0 Å². The Kier molecular flexibility index (Phi) is 7.07. The molecular weight excluding hydrogens is 464 g/mol. The van der Waals surface area contributed by atoms with Gasteiger partial charge < -0.3 is 20.6 Å². The molecule has 35 heavy (non-hydrogen) atoms. The minimum absolute atomic E-state index is 0.0473. The molecule has 3 aromatic heterocycles. The number of nitrogens with one attached hydrogen (secondary N) is 2. The van der Waals surface area contributed by atoms with E-state index in [1.165, 1.54) is 0 Å². The molecule has 1 amide bonds. The molecule has 1 aromatic carbocycles. The first-order valence-corrected chi connectivity index (χ1v) is 12.3. The number of β-amino-alcohol motifs (C(OH)–C–C–N with tert-alkyl or cyclic N) is 1. The Morgan fingerprint density at radius 1 is 1.00 bits per heavy atom. The standard InChI is InChI=1S/C24H26N8O2S/c33-14-13-31-9-11-32(12-10-31)24-29-22-21(25-7-8-26-22)23(30-24)28-18-5-3-17(4-6-18)27-20(34)16-19-2-1-15-35-19/h1-8,15,33H,9-14,16H2,(H,27,34)(H,26,28,29,30). The molecule has 0 bridgehead atoms. The van der Waals surface area contributed by atoms with Crippen molar-refractivity contribution >= 4 is 51.5 Å². The van der Waals surface area contributed by atoms with E-state index >= 15 is 0 Å². The fraction of sp³-hybridized carbons (Fsp3) is 0.292. The number of hydrogen-bond acceptors (Lipinski definition) is 10. The third-order valence-electron chi connectivity index (χ3n) is 5.74. The third-order valence-corrected chi connectivity index (χ3v) is 6.61. The van der Waals surface area contributed by atoms with Crippen LogP contribution < -0.4 is 15.5 Å². The monoisotopic (exact) mass is 490 g/mol. The van der Waals surface area contributed by atoms with Gasteiger partial charge in [0, 0.05) is 61.4 Å². The molecule has 0 saturated carbocycles. The Hall–Kier alpha value is -3.67. The lowest BCUT2D eigenvalue weighted by Gasteiger charge is -2.34. The van der Waals surface area contributed by atoms with Gasteiger partial charge in [-0.15, -0.1) is 11.3 Å². The van der Waals surface area contributed by atoms with Crippen LogP contribution in [0.1, 0.15) is 4.88 Å². The molecule has 3 N–H and O–H groups in total. The number of anilines is 4. The van der Waals surface area contributed by atoms with Crippen molar-refractivity contribution in [2.45, 2.75) is 6.42 Å². The number of rotatable bonds is 8. The van der Waals surface area contributed by atoms with Crippen LogP contribution in [0.4, 0.5) is 23.1 Å². The normalized spacial score (nSPS) is 14.3. The molecule has 1 fully saturated rings. The summed E-state index contributed by atoms with van der Waals surface area (Å²) in [4.78, 5) is 35.9. The number of amides is 1. The van der Waals surface area contributed by atoms with E-state index in [1.807, 2.05) is 41.8 Å². The van der Waals surface area contributed by atoms with Crippen LogP contribution in [-0.2, 0) is 11.2 Å². The zero-order chi connectivity index (χ0) is 24.0. The first kappa shape index (κ1) is 23.1. The predicted octanol–water partition coefficient (Wildman–Crippen LogP) is 2.52. The van der Waals surface area contributed by atoms with Crippen molar-refractivity contribution in [2.75, 3.05) is 54.9 Å². The summed E-state index contributed by atoms with van der Waals surface area (Å²) in [6.07, 6.45) is 3.60. The Balaban J connectivity index is 1.30. The van der Waals surface area contributed by atoms with Gasteiger partial charge in [-0.05, 0) is 35.7 Å². The summed E-state index contributed by atoms with van der Waals surface area (Å²) in [5.74, 6) is 1.13. The van der Waals surface area contributed by atoms with E-state index in [9.17, 15) is 9.90 Å². The van der Waals surface area contributed by atoms with Crippen LogP contribution in [0.3, 0.4) is 0 Å². The van der Waals surface area contributed by atoms with Crippen molar-refractivity contribution in [1.82, 2.24) is 24.8 Å². The number of piperazine rings is 1. The molecule has 0 atom stereocenters. The van der Waals surface area contributed by atoms with Crippen LogP contribution in [0.25, 0.3) is 11.2 Å². The lowest BCUT2D eigenvalue weighted by molar-refractivity contribution is -0.115. The SMILES string of the molecule is O=C(Cc1cccs1)Nc1ccc(Nc2nc(N3CCN(CCO)CC3)nc3nccnc23)cc1. The van der Waals surface area contributed by atoms with Gasteiger partial charge in [-0.25, -0.2) is 9.97 Å².